The van der Waals surface area contributed by atoms with Crippen LogP contribution in [0.4, 0.5) is 0 Å². The molecule has 0 saturated heterocycles. The molecule has 1 aromatic heterocycles. The van der Waals surface area contributed by atoms with Gasteiger partial charge < -0.3 is 20.5 Å². The molecule has 1 heterocycles. The quantitative estimate of drug-likeness (QED) is 0.749. The zero-order valence-electron chi connectivity index (χ0n) is 11.0. The average Bonchev–Trinajstić information content (AvgIpc) is 3.27. The van der Waals surface area contributed by atoms with Crippen LogP contribution in [0.5, 0.6) is 11.8 Å². The summed E-state index contributed by atoms with van der Waals surface area (Å²) in [5.74, 6) is 0.527. The Morgan fingerprint density at radius 1 is 1.42 bits per heavy atom. The lowest BCUT2D eigenvalue weighted by molar-refractivity contribution is 0.0925. The standard InChI is InChI=1S/C12H18N4O3/c1-18-11-9(12(19-2)15-6-14-11)10(17)16-8(5-13)7-3-4-7/h6-8H,3-5,13H2,1-2H3,(H,16,17). The Morgan fingerprint density at radius 2 is 2.00 bits per heavy atom. The zero-order valence-corrected chi connectivity index (χ0v) is 11.0. The van der Waals surface area contributed by atoms with Gasteiger partial charge in [0.2, 0.25) is 11.8 Å². The molecule has 1 aromatic rings. The zero-order chi connectivity index (χ0) is 13.8. The van der Waals surface area contributed by atoms with Crippen molar-refractivity contribution >= 4 is 5.91 Å². The molecule has 7 nitrogen and oxygen atoms in total. The minimum Gasteiger partial charge on any atom is -0.480 e. The monoisotopic (exact) mass is 266 g/mol. The van der Waals surface area contributed by atoms with Crippen LogP contribution in [0, 0.1) is 5.92 Å². The normalized spacial score (nSPS) is 15.7. The van der Waals surface area contributed by atoms with Gasteiger partial charge in [0.15, 0.2) is 5.56 Å². The van der Waals surface area contributed by atoms with Crippen molar-refractivity contribution in [2.45, 2.75) is 18.9 Å². The van der Waals surface area contributed by atoms with Crippen LogP contribution >= 0.6 is 0 Å². The van der Waals surface area contributed by atoms with Gasteiger partial charge >= 0.3 is 0 Å². The lowest BCUT2D eigenvalue weighted by Crippen LogP contribution is -2.42. The first kappa shape index (κ1) is 13.5. The Bertz CT molecular complexity index is 440. The van der Waals surface area contributed by atoms with E-state index in [0.717, 1.165) is 12.8 Å². The van der Waals surface area contributed by atoms with Crippen LogP contribution in [-0.2, 0) is 0 Å². The van der Waals surface area contributed by atoms with E-state index in [9.17, 15) is 4.79 Å². The van der Waals surface area contributed by atoms with Crippen LogP contribution in [0.25, 0.3) is 0 Å². The van der Waals surface area contributed by atoms with E-state index in [1.54, 1.807) is 0 Å². The van der Waals surface area contributed by atoms with Gasteiger partial charge in [-0.3, -0.25) is 4.79 Å². The van der Waals surface area contributed by atoms with Gasteiger partial charge in [0.05, 0.1) is 14.2 Å². The van der Waals surface area contributed by atoms with Crippen molar-refractivity contribution in [3.63, 3.8) is 0 Å². The minimum absolute atomic E-state index is 0.0258. The highest BCUT2D eigenvalue weighted by molar-refractivity contribution is 5.98. The molecule has 0 radical (unpaired) electrons. The Balaban J connectivity index is 2.21. The largest absolute Gasteiger partial charge is 0.480 e. The molecular formula is C12H18N4O3. The lowest BCUT2D eigenvalue weighted by atomic mass is 10.1. The van der Waals surface area contributed by atoms with E-state index in [0.29, 0.717) is 12.5 Å². The van der Waals surface area contributed by atoms with Crippen LogP contribution < -0.4 is 20.5 Å². The first-order chi connectivity index (χ1) is 9.21. The molecule has 19 heavy (non-hydrogen) atoms. The molecule has 0 bridgehead atoms. The van der Waals surface area contributed by atoms with Gasteiger partial charge in [0.1, 0.15) is 6.33 Å². The Labute approximate surface area is 111 Å². The summed E-state index contributed by atoms with van der Waals surface area (Å²) in [6, 6.07) is -0.0258. The SMILES string of the molecule is COc1ncnc(OC)c1C(=O)NC(CN)C1CC1. The van der Waals surface area contributed by atoms with Gasteiger partial charge in [-0.1, -0.05) is 0 Å². The number of carbonyl (C=O) groups is 1. The summed E-state index contributed by atoms with van der Waals surface area (Å²) in [7, 11) is 2.89. The molecule has 7 heteroatoms. The van der Waals surface area contributed by atoms with E-state index in [1.165, 1.54) is 20.5 Å². The molecule has 1 amide bonds. The summed E-state index contributed by atoms with van der Waals surface area (Å²) in [5.41, 5.74) is 5.87. The number of hydrogen-bond acceptors (Lipinski definition) is 6. The maximum absolute atomic E-state index is 12.3. The number of amides is 1. The van der Waals surface area contributed by atoms with E-state index < -0.39 is 0 Å². The number of rotatable bonds is 6. The van der Waals surface area contributed by atoms with E-state index >= 15 is 0 Å². The molecule has 104 valence electrons. The molecule has 1 atom stereocenters. The van der Waals surface area contributed by atoms with Gasteiger partial charge in [-0.2, -0.15) is 0 Å². The Morgan fingerprint density at radius 3 is 2.42 bits per heavy atom. The molecule has 1 unspecified atom stereocenters. The summed E-state index contributed by atoms with van der Waals surface area (Å²) >= 11 is 0. The average molecular weight is 266 g/mol. The molecule has 0 aliphatic heterocycles. The second-order valence-electron chi connectivity index (χ2n) is 4.42. The molecule has 2 rings (SSSR count). The number of ether oxygens (including phenoxy) is 2. The number of nitrogens with two attached hydrogens (primary N) is 1. The van der Waals surface area contributed by atoms with Gasteiger partial charge in [0, 0.05) is 12.6 Å². The maximum Gasteiger partial charge on any atom is 0.262 e. The topological polar surface area (TPSA) is 99.4 Å². The number of nitrogens with zero attached hydrogens (tertiary/aromatic N) is 2. The minimum atomic E-state index is -0.323. The molecule has 0 spiro atoms. The smallest absolute Gasteiger partial charge is 0.262 e. The summed E-state index contributed by atoms with van der Waals surface area (Å²) < 4.78 is 10.2. The summed E-state index contributed by atoms with van der Waals surface area (Å²) in [5, 5.41) is 2.89. The van der Waals surface area contributed by atoms with E-state index in [2.05, 4.69) is 15.3 Å². The first-order valence-corrected chi connectivity index (χ1v) is 6.15. The number of aromatic nitrogens is 2. The van der Waals surface area contributed by atoms with Crippen molar-refractivity contribution in [3.05, 3.63) is 11.9 Å². The van der Waals surface area contributed by atoms with Crippen LogP contribution in [0.3, 0.4) is 0 Å². The van der Waals surface area contributed by atoms with Gasteiger partial charge in [-0.25, -0.2) is 9.97 Å². The number of carbonyl (C=O) groups excluding carboxylic acids is 1. The van der Waals surface area contributed by atoms with E-state index in [1.807, 2.05) is 0 Å². The van der Waals surface area contributed by atoms with Crippen LogP contribution in [0.1, 0.15) is 23.2 Å². The predicted molar refractivity (Wildman–Crippen MR) is 68.2 cm³/mol. The molecule has 1 aliphatic carbocycles. The fraction of sp³-hybridized carbons (Fsp3) is 0.583. The molecule has 1 aliphatic rings. The molecule has 3 N–H and O–H groups in total. The van der Waals surface area contributed by atoms with E-state index in [4.69, 9.17) is 15.2 Å². The third-order valence-corrected chi connectivity index (χ3v) is 3.15. The van der Waals surface area contributed by atoms with Crippen molar-refractivity contribution in [3.8, 4) is 11.8 Å². The summed E-state index contributed by atoms with van der Waals surface area (Å²) in [6.07, 6.45) is 3.49. The number of nitrogens with one attached hydrogen (secondary N) is 1. The molecular weight excluding hydrogens is 248 g/mol. The number of hydrogen-bond donors (Lipinski definition) is 2. The molecule has 0 aromatic carbocycles. The number of methoxy groups -OCH3 is 2. The third-order valence-electron chi connectivity index (χ3n) is 3.15. The van der Waals surface area contributed by atoms with Crippen molar-refractivity contribution in [2.24, 2.45) is 11.7 Å². The second kappa shape index (κ2) is 5.83. The Kier molecular flexibility index (Phi) is 4.16. The highest BCUT2D eigenvalue weighted by atomic mass is 16.5. The fourth-order valence-electron chi connectivity index (χ4n) is 1.97. The van der Waals surface area contributed by atoms with Crippen LogP contribution in [0.15, 0.2) is 6.33 Å². The summed E-state index contributed by atoms with van der Waals surface area (Å²) in [6.45, 7) is 0.411. The molecule has 1 fully saturated rings. The molecule has 1 saturated carbocycles. The van der Waals surface area contributed by atoms with Crippen molar-refractivity contribution in [1.29, 1.82) is 0 Å². The van der Waals surface area contributed by atoms with Crippen molar-refractivity contribution < 1.29 is 14.3 Å². The third kappa shape index (κ3) is 2.93. The van der Waals surface area contributed by atoms with E-state index in [-0.39, 0.29) is 29.3 Å². The highest BCUT2D eigenvalue weighted by Crippen LogP contribution is 2.33. The first-order valence-electron chi connectivity index (χ1n) is 6.15. The maximum atomic E-state index is 12.3. The predicted octanol–water partition coefficient (Wildman–Crippen LogP) is -0.0391. The van der Waals surface area contributed by atoms with Gasteiger partial charge in [-0.15, -0.1) is 0 Å². The van der Waals surface area contributed by atoms with Crippen molar-refractivity contribution in [1.82, 2.24) is 15.3 Å². The second-order valence-corrected chi connectivity index (χ2v) is 4.42. The van der Waals surface area contributed by atoms with Crippen molar-refractivity contribution in [2.75, 3.05) is 20.8 Å². The van der Waals surface area contributed by atoms with Gasteiger partial charge in [0.25, 0.3) is 5.91 Å². The van der Waals surface area contributed by atoms with Crippen LogP contribution in [0.2, 0.25) is 0 Å². The Hall–Kier alpha value is -1.89. The highest BCUT2D eigenvalue weighted by Gasteiger charge is 2.33. The lowest BCUT2D eigenvalue weighted by Gasteiger charge is -2.17. The van der Waals surface area contributed by atoms with Gasteiger partial charge in [-0.05, 0) is 18.8 Å². The van der Waals surface area contributed by atoms with Crippen LogP contribution in [-0.4, -0.2) is 42.7 Å². The fourth-order valence-corrected chi connectivity index (χ4v) is 1.97. The summed E-state index contributed by atoms with van der Waals surface area (Å²) in [4.78, 5) is 20.1.